The highest BCUT2D eigenvalue weighted by Gasteiger charge is 2.21. The van der Waals surface area contributed by atoms with Crippen molar-refractivity contribution in [2.24, 2.45) is 0 Å². The van der Waals surface area contributed by atoms with Gasteiger partial charge in [-0.15, -0.1) is 11.3 Å². The lowest BCUT2D eigenvalue weighted by molar-refractivity contribution is 0.102. The molecule has 0 bridgehead atoms. The number of amides is 1. The van der Waals surface area contributed by atoms with Gasteiger partial charge < -0.3 is 14.8 Å². The molecule has 0 unspecified atom stereocenters. The van der Waals surface area contributed by atoms with Crippen LogP contribution in [0.4, 0.5) is 10.8 Å². The number of hydrogen-bond donors (Lipinski definition) is 2. The SMILES string of the molecule is CN1CCCN(c2ccc(-c3nc(-c4ccc(Cl)cc4)c(C(=O)Nc4nccs4)[nH]3)cc2)CC1. The van der Waals surface area contributed by atoms with E-state index in [4.69, 9.17) is 16.6 Å². The van der Waals surface area contributed by atoms with Crippen LogP contribution >= 0.6 is 22.9 Å². The molecular formula is C25H25ClN6OS. The van der Waals surface area contributed by atoms with Crippen molar-refractivity contribution in [2.75, 3.05) is 43.4 Å². The minimum absolute atomic E-state index is 0.288. The lowest BCUT2D eigenvalue weighted by Gasteiger charge is -2.22. The lowest BCUT2D eigenvalue weighted by Crippen LogP contribution is -2.28. The number of nitrogens with one attached hydrogen (secondary N) is 2. The Hall–Kier alpha value is -3.20. The molecule has 34 heavy (non-hydrogen) atoms. The van der Waals surface area contributed by atoms with Crippen molar-refractivity contribution in [1.29, 1.82) is 0 Å². The molecule has 4 aromatic rings. The predicted molar refractivity (Wildman–Crippen MR) is 139 cm³/mol. The van der Waals surface area contributed by atoms with Crippen LogP contribution in [0.15, 0.2) is 60.1 Å². The molecule has 5 rings (SSSR count). The fourth-order valence-electron chi connectivity index (χ4n) is 4.07. The number of anilines is 2. The molecule has 3 heterocycles. The molecule has 1 saturated heterocycles. The molecule has 0 aliphatic carbocycles. The average Bonchev–Trinajstić information content (AvgIpc) is 3.47. The van der Waals surface area contributed by atoms with E-state index in [1.807, 2.05) is 17.5 Å². The fourth-order valence-corrected chi connectivity index (χ4v) is 4.72. The normalized spacial score (nSPS) is 14.7. The molecule has 0 spiro atoms. The first kappa shape index (κ1) is 22.6. The molecule has 0 radical (unpaired) electrons. The Morgan fingerprint density at radius 2 is 1.79 bits per heavy atom. The zero-order valence-corrected chi connectivity index (χ0v) is 20.4. The molecule has 2 aromatic heterocycles. The minimum atomic E-state index is -0.288. The second-order valence-corrected chi connectivity index (χ2v) is 9.63. The smallest absolute Gasteiger partial charge is 0.276 e. The zero-order valence-electron chi connectivity index (χ0n) is 18.8. The number of carbonyl (C=O) groups is 1. The quantitative estimate of drug-likeness (QED) is 0.398. The van der Waals surface area contributed by atoms with E-state index < -0.39 is 0 Å². The van der Waals surface area contributed by atoms with Gasteiger partial charge in [0.15, 0.2) is 5.13 Å². The first-order valence-electron chi connectivity index (χ1n) is 11.2. The summed E-state index contributed by atoms with van der Waals surface area (Å²) in [6.07, 6.45) is 2.81. The third-order valence-corrected chi connectivity index (χ3v) is 6.87. The summed E-state index contributed by atoms with van der Waals surface area (Å²) in [7, 11) is 2.17. The molecule has 1 fully saturated rings. The van der Waals surface area contributed by atoms with Crippen molar-refractivity contribution in [3.8, 4) is 22.6 Å². The number of halogens is 1. The molecule has 1 aliphatic rings. The Bertz CT molecular complexity index is 1250. The van der Waals surface area contributed by atoms with Gasteiger partial charge in [0.05, 0.1) is 0 Å². The van der Waals surface area contributed by atoms with Crippen molar-refractivity contribution in [2.45, 2.75) is 6.42 Å². The fraction of sp³-hybridized carbons (Fsp3) is 0.240. The van der Waals surface area contributed by atoms with Crippen molar-refractivity contribution >= 4 is 39.7 Å². The van der Waals surface area contributed by atoms with Gasteiger partial charge in [0, 0.05) is 53.0 Å². The summed E-state index contributed by atoms with van der Waals surface area (Å²) in [5.41, 5.74) is 3.87. The van der Waals surface area contributed by atoms with E-state index in [-0.39, 0.29) is 5.91 Å². The van der Waals surface area contributed by atoms with E-state index in [0.717, 1.165) is 43.7 Å². The second-order valence-electron chi connectivity index (χ2n) is 8.30. The molecule has 0 saturated carbocycles. The molecular weight excluding hydrogens is 468 g/mol. The van der Waals surface area contributed by atoms with Gasteiger partial charge in [-0.1, -0.05) is 23.7 Å². The first-order valence-corrected chi connectivity index (χ1v) is 12.4. The van der Waals surface area contributed by atoms with E-state index in [1.165, 1.54) is 17.0 Å². The number of hydrogen-bond acceptors (Lipinski definition) is 6. The Labute approximate surface area is 207 Å². The van der Waals surface area contributed by atoms with E-state index >= 15 is 0 Å². The van der Waals surface area contributed by atoms with Crippen LogP contribution in [0.5, 0.6) is 0 Å². The van der Waals surface area contributed by atoms with Gasteiger partial charge in [-0.3, -0.25) is 10.1 Å². The number of rotatable bonds is 5. The van der Waals surface area contributed by atoms with Gasteiger partial charge in [0.2, 0.25) is 0 Å². The third-order valence-electron chi connectivity index (χ3n) is 5.93. The van der Waals surface area contributed by atoms with Crippen LogP contribution in [-0.2, 0) is 0 Å². The van der Waals surface area contributed by atoms with Crippen LogP contribution in [-0.4, -0.2) is 59.0 Å². The molecule has 2 N–H and O–H groups in total. The number of imidazole rings is 1. The summed E-state index contributed by atoms with van der Waals surface area (Å²) in [5, 5.41) is 5.83. The Morgan fingerprint density at radius 1 is 1.03 bits per heavy atom. The lowest BCUT2D eigenvalue weighted by atomic mass is 10.1. The molecule has 9 heteroatoms. The molecule has 174 valence electrons. The van der Waals surface area contributed by atoms with E-state index in [0.29, 0.717) is 27.4 Å². The maximum atomic E-state index is 13.1. The number of benzene rings is 2. The monoisotopic (exact) mass is 492 g/mol. The maximum absolute atomic E-state index is 13.1. The summed E-state index contributed by atoms with van der Waals surface area (Å²) >= 11 is 7.44. The van der Waals surface area contributed by atoms with Gasteiger partial charge in [-0.2, -0.15) is 0 Å². The first-order chi connectivity index (χ1) is 16.6. The summed E-state index contributed by atoms with van der Waals surface area (Å²) in [6, 6.07) is 15.7. The number of aromatic amines is 1. The van der Waals surface area contributed by atoms with Gasteiger partial charge in [0.25, 0.3) is 5.91 Å². The van der Waals surface area contributed by atoms with Crippen molar-refractivity contribution in [1.82, 2.24) is 19.9 Å². The van der Waals surface area contributed by atoms with Crippen molar-refractivity contribution in [3.63, 3.8) is 0 Å². The van der Waals surface area contributed by atoms with E-state index in [2.05, 4.69) is 56.4 Å². The summed E-state index contributed by atoms with van der Waals surface area (Å²) < 4.78 is 0. The standard InChI is InChI=1S/C25H25ClN6OS/c1-31-12-2-13-32(15-14-31)20-9-5-18(6-10-20)23-28-21(17-3-7-19(26)8-4-17)22(29-23)24(33)30-25-27-11-16-34-25/h3-11,16H,2,12-15H2,1H3,(H,28,29)(H,27,30,33). The zero-order chi connectivity index (χ0) is 23.5. The van der Waals surface area contributed by atoms with Gasteiger partial charge in [-0.05, 0) is 56.4 Å². The molecule has 2 aromatic carbocycles. The number of carbonyl (C=O) groups excluding carboxylic acids is 1. The maximum Gasteiger partial charge on any atom is 0.276 e. The molecule has 0 atom stereocenters. The number of aromatic nitrogens is 3. The summed E-state index contributed by atoms with van der Waals surface area (Å²) in [6.45, 7) is 4.24. The van der Waals surface area contributed by atoms with Gasteiger partial charge >= 0.3 is 0 Å². The predicted octanol–water partition coefficient (Wildman–Crippen LogP) is 5.25. The molecule has 1 aliphatic heterocycles. The van der Waals surface area contributed by atoms with Crippen LogP contribution < -0.4 is 10.2 Å². The van der Waals surface area contributed by atoms with Gasteiger partial charge in [0.1, 0.15) is 17.2 Å². The molecule has 1 amide bonds. The highest BCUT2D eigenvalue weighted by atomic mass is 35.5. The van der Waals surface area contributed by atoms with Crippen molar-refractivity contribution in [3.05, 3.63) is 70.8 Å². The summed E-state index contributed by atoms with van der Waals surface area (Å²) in [4.78, 5) is 30.1. The van der Waals surface area contributed by atoms with Crippen LogP contribution in [0.25, 0.3) is 22.6 Å². The van der Waals surface area contributed by atoms with Gasteiger partial charge in [-0.25, -0.2) is 9.97 Å². The van der Waals surface area contributed by atoms with E-state index in [9.17, 15) is 4.79 Å². The van der Waals surface area contributed by atoms with E-state index in [1.54, 1.807) is 18.3 Å². The Balaban J connectivity index is 1.45. The number of nitrogens with zero attached hydrogens (tertiary/aromatic N) is 4. The Kier molecular flexibility index (Phi) is 6.62. The number of likely N-dealkylation sites (N-methyl/N-ethyl adjacent to an activating group) is 1. The van der Waals surface area contributed by atoms with Crippen LogP contribution in [0.2, 0.25) is 5.02 Å². The third kappa shape index (κ3) is 4.99. The highest BCUT2D eigenvalue weighted by Crippen LogP contribution is 2.29. The van der Waals surface area contributed by atoms with Crippen LogP contribution in [0, 0.1) is 0 Å². The molecule has 7 nitrogen and oxygen atoms in total. The highest BCUT2D eigenvalue weighted by molar-refractivity contribution is 7.13. The number of thiazole rings is 1. The Morgan fingerprint density at radius 3 is 2.53 bits per heavy atom. The van der Waals surface area contributed by atoms with Crippen molar-refractivity contribution < 1.29 is 4.79 Å². The van der Waals surface area contributed by atoms with Crippen LogP contribution in [0.1, 0.15) is 16.9 Å². The summed E-state index contributed by atoms with van der Waals surface area (Å²) in [5.74, 6) is 0.348. The second kappa shape index (κ2) is 9.97. The number of H-pyrrole nitrogens is 1. The van der Waals surface area contributed by atoms with Crippen LogP contribution in [0.3, 0.4) is 0 Å². The topological polar surface area (TPSA) is 77.2 Å². The largest absolute Gasteiger partial charge is 0.370 e. The minimum Gasteiger partial charge on any atom is -0.370 e. The average molecular weight is 493 g/mol.